The fraction of sp³-hybridized carbons (Fsp3) is 0.480. The maximum Gasteiger partial charge on any atom is 0.191 e. The van der Waals surface area contributed by atoms with Crippen molar-refractivity contribution in [3.8, 4) is 5.75 Å². The van der Waals surface area contributed by atoms with Gasteiger partial charge in [0.15, 0.2) is 5.96 Å². The fourth-order valence-electron chi connectivity index (χ4n) is 4.04. The van der Waals surface area contributed by atoms with E-state index in [4.69, 9.17) is 9.47 Å². The Kier molecular flexibility index (Phi) is 9.18. The molecule has 168 valence electrons. The number of nitrogens with zero attached hydrogens (tertiary/aromatic N) is 2. The molecular weight excluding hydrogens is 388 g/mol. The van der Waals surface area contributed by atoms with Crippen molar-refractivity contribution in [1.82, 2.24) is 15.5 Å². The van der Waals surface area contributed by atoms with E-state index in [9.17, 15) is 0 Å². The summed E-state index contributed by atoms with van der Waals surface area (Å²) in [6.07, 6.45) is 2.51. The lowest BCUT2D eigenvalue weighted by Crippen LogP contribution is -2.42. The van der Waals surface area contributed by atoms with Gasteiger partial charge in [-0.25, -0.2) is 0 Å². The second-order valence-corrected chi connectivity index (χ2v) is 7.75. The molecule has 31 heavy (non-hydrogen) atoms. The molecule has 1 fully saturated rings. The van der Waals surface area contributed by atoms with Gasteiger partial charge in [-0.15, -0.1) is 0 Å². The van der Waals surface area contributed by atoms with Gasteiger partial charge in [-0.1, -0.05) is 36.4 Å². The van der Waals surface area contributed by atoms with Crippen molar-refractivity contribution in [2.75, 3.05) is 40.4 Å². The maximum atomic E-state index is 5.61. The average Bonchev–Trinajstić information content (AvgIpc) is 3.35. The Morgan fingerprint density at radius 2 is 1.84 bits per heavy atom. The minimum Gasteiger partial charge on any atom is -0.497 e. The van der Waals surface area contributed by atoms with Gasteiger partial charge < -0.3 is 20.1 Å². The largest absolute Gasteiger partial charge is 0.497 e. The molecule has 6 heteroatoms. The monoisotopic (exact) mass is 424 g/mol. The molecule has 2 N–H and O–H groups in total. The molecule has 2 aromatic rings. The first-order valence-electron chi connectivity index (χ1n) is 11.2. The number of benzene rings is 2. The summed E-state index contributed by atoms with van der Waals surface area (Å²) in [5.41, 5.74) is 3.70. The number of rotatable bonds is 10. The molecule has 1 unspecified atom stereocenters. The fourth-order valence-corrected chi connectivity index (χ4v) is 4.04. The maximum absolute atomic E-state index is 5.61. The summed E-state index contributed by atoms with van der Waals surface area (Å²) in [5, 5.41) is 7.00. The lowest BCUT2D eigenvalue weighted by atomic mass is 10.1. The number of nitrogens with one attached hydrogen (secondary N) is 2. The van der Waals surface area contributed by atoms with Gasteiger partial charge in [0.1, 0.15) is 5.75 Å². The smallest absolute Gasteiger partial charge is 0.191 e. The van der Waals surface area contributed by atoms with Gasteiger partial charge in [0.05, 0.1) is 19.8 Å². The molecule has 2 aromatic carbocycles. The normalized spacial score (nSPS) is 15.6. The molecule has 0 saturated carbocycles. The van der Waals surface area contributed by atoms with Crippen LogP contribution in [0.3, 0.4) is 0 Å². The third kappa shape index (κ3) is 6.71. The second kappa shape index (κ2) is 12.3. The molecular formula is C25H36N4O2. The van der Waals surface area contributed by atoms with Crippen molar-refractivity contribution in [2.24, 2.45) is 4.99 Å². The number of likely N-dealkylation sites (tertiary alicyclic amines) is 1. The highest BCUT2D eigenvalue weighted by molar-refractivity contribution is 5.79. The molecule has 1 aliphatic heterocycles. The minimum atomic E-state index is 0.279. The van der Waals surface area contributed by atoms with Gasteiger partial charge in [0.25, 0.3) is 0 Å². The predicted octanol–water partition coefficient (Wildman–Crippen LogP) is 3.73. The van der Waals surface area contributed by atoms with E-state index in [2.05, 4.69) is 63.0 Å². The Bertz CT molecular complexity index is 834. The van der Waals surface area contributed by atoms with Gasteiger partial charge in [-0.05, 0) is 61.7 Å². The summed E-state index contributed by atoms with van der Waals surface area (Å²) in [6.45, 7) is 7.11. The number of hydrogen-bond acceptors (Lipinski definition) is 4. The van der Waals surface area contributed by atoms with Crippen molar-refractivity contribution < 1.29 is 9.47 Å². The van der Waals surface area contributed by atoms with Crippen LogP contribution in [-0.2, 0) is 17.9 Å². The summed E-state index contributed by atoms with van der Waals surface area (Å²) in [5.74, 6) is 1.70. The van der Waals surface area contributed by atoms with E-state index in [0.29, 0.717) is 19.8 Å². The number of guanidine groups is 1. The molecule has 0 radical (unpaired) electrons. The van der Waals surface area contributed by atoms with Crippen LogP contribution in [0.5, 0.6) is 5.75 Å². The van der Waals surface area contributed by atoms with Gasteiger partial charge in [0.2, 0.25) is 0 Å². The molecule has 0 bridgehead atoms. The van der Waals surface area contributed by atoms with Gasteiger partial charge in [-0.2, -0.15) is 0 Å². The summed E-state index contributed by atoms with van der Waals surface area (Å²) in [6, 6.07) is 17.1. The zero-order valence-corrected chi connectivity index (χ0v) is 19.1. The molecule has 0 aromatic heterocycles. The second-order valence-electron chi connectivity index (χ2n) is 7.75. The topological polar surface area (TPSA) is 58.1 Å². The van der Waals surface area contributed by atoms with Crippen LogP contribution < -0.4 is 15.4 Å². The van der Waals surface area contributed by atoms with E-state index in [0.717, 1.165) is 31.3 Å². The zero-order valence-electron chi connectivity index (χ0n) is 19.1. The Morgan fingerprint density at radius 3 is 2.55 bits per heavy atom. The highest BCUT2D eigenvalue weighted by atomic mass is 16.5. The van der Waals surface area contributed by atoms with E-state index < -0.39 is 0 Å². The molecule has 1 heterocycles. The molecule has 3 rings (SSSR count). The number of hydrogen-bond donors (Lipinski definition) is 2. The van der Waals surface area contributed by atoms with Crippen LogP contribution >= 0.6 is 0 Å². The van der Waals surface area contributed by atoms with Crippen LogP contribution in [0.2, 0.25) is 0 Å². The van der Waals surface area contributed by atoms with Crippen molar-refractivity contribution in [1.29, 1.82) is 0 Å². The molecule has 6 nitrogen and oxygen atoms in total. The molecule has 1 aliphatic rings. The van der Waals surface area contributed by atoms with Gasteiger partial charge >= 0.3 is 0 Å². The Morgan fingerprint density at radius 1 is 1.06 bits per heavy atom. The number of aliphatic imine (C=N–C) groups is 1. The summed E-state index contributed by atoms with van der Waals surface area (Å²) >= 11 is 0. The van der Waals surface area contributed by atoms with E-state index in [1.165, 1.54) is 29.5 Å². The Labute approximate surface area is 186 Å². The zero-order chi connectivity index (χ0) is 21.9. The van der Waals surface area contributed by atoms with E-state index >= 15 is 0 Å². The first kappa shape index (κ1) is 23.1. The third-order valence-corrected chi connectivity index (χ3v) is 5.77. The van der Waals surface area contributed by atoms with E-state index in [1.54, 1.807) is 7.11 Å². The van der Waals surface area contributed by atoms with Crippen molar-refractivity contribution in [3.05, 3.63) is 65.2 Å². The van der Waals surface area contributed by atoms with Crippen LogP contribution in [0.1, 0.15) is 42.5 Å². The van der Waals surface area contributed by atoms with Crippen molar-refractivity contribution in [3.63, 3.8) is 0 Å². The first-order chi connectivity index (χ1) is 15.2. The third-order valence-electron chi connectivity index (χ3n) is 5.77. The quantitative estimate of drug-likeness (QED) is 0.450. The average molecular weight is 425 g/mol. The van der Waals surface area contributed by atoms with Gasteiger partial charge in [0, 0.05) is 26.7 Å². The summed E-state index contributed by atoms with van der Waals surface area (Å²) in [7, 11) is 3.54. The summed E-state index contributed by atoms with van der Waals surface area (Å²) < 4.78 is 11.1. The molecule has 1 atom stereocenters. The Hall–Kier alpha value is -2.57. The molecule has 0 spiro atoms. The van der Waals surface area contributed by atoms with Gasteiger partial charge in [-0.3, -0.25) is 9.89 Å². The van der Waals surface area contributed by atoms with E-state index in [1.807, 2.05) is 20.0 Å². The highest BCUT2D eigenvalue weighted by Crippen LogP contribution is 2.27. The van der Waals surface area contributed by atoms with Crippen LogP contribution in [-0.4, -0.2) is 51.3 Å². The first-order valence-corrected chi connectivity index (χ1v) is 11.2. The predicted molar refractivity (Wildman–Crippen MR) is 127 cm³/mol. The molecule has 0 aliphatic carbocycles. The minimum absolute atomic E-state index is 0.279. The van der Waals surface area contributed by atoms with Crippen LogP contribution in [0, 0.1) is 0 Å². The molecule has 0 amide bonds. The van der Waals surface area contributed by atoms with E-state index in [-0.39, 0.29) is 6.04 Å². The standard InChI is InChI=1S/C25H36N4O2/c1-4-31-19-22-11-6-5-10-21(22)17-27-25(26-2)28-18-24(29-14-7-8-15-29)20-12-9-13-23(16-20)30-3/h5-6,9-13,16,24H,4,7-8,14-15,17-19H2,1-3H3,(H2,26,27,28). The number of ether oxygens (including phenoxy) is 2. The SMILES string of the molecule is CCOCc1ccccc1CNC(=NC)NCC(c1cccc(OC)c1)N1CCCC1. The number of methoxy groups -OCH3 is 1. The van der Waals surface area contributed by atoms with Crippen LogP contribution in [0.4, 0.5) is 0 Å². The van der Waals surface area contributed by atoms with Crippen LogP contribution in [0.25, 0.3) is 0 Å². The lowest BCUT2D eigenvalue weighted by molar-refractivity contribution is 0.133. The lowest BCUT2D eigenvalue weighted by Gasteiger charge is -2.29. The Balaban J connectivity index is 1.63. The summed E-state index contributed by atoms with van der Waals surface area (Å²) in [4.78, 5) is 6.99. The van der Waals surface area contributed by atoms with Crippen molar-refractivity contribution in [2.45, 2.75) is 39.0 Å². The molecule has 1 saturated heterocycles. The van der Waals surface area contributed by atoms with Crippen molar-refractivity contribution >= 4 is 5.96 Å². The van der Waals surface area contributed by atoms with Crippen LogP contribution in [0.15, 0.2) is 53.5 Å². The highest BCUT2D eigenvalue weighted by Gasteiger charge is 2.24.